The molecule has 1 atom stereocenters. The first-order valence-corrected chi connectivity index (χ1v) is 7.54. The van der Waals surface area contributed by atoms with Gasteiger partial charge in [-0.2, -0.15) is 0 Å². The molecule has 3 nitrogen and oxygen atoms in total. The van der Waals surface area contributed by atoms with Crippen molar-refractivity contribution >= 4 is 28.4 Å². The molecule has 4 heteroatoms. The number of amides is 1. The molecular formula is C18H17ClN2O. The minimum atomic E-state index is -0.106. The Balaban J connectivity index is 1.87. The van der Waals surface area contributed by atoms with Crippen LogP contribution < -0.4 is 5.32 Å². The summed E-state index contributed by atoms with van der Waals surface area (Å²) < 4.78 is 1.97. The SMILES string of the molecule is C[C@H](NC(=O)c1cn(C)c2ccccc12)c1cccc(Cl)c1. The second-order valence-electron chi connectivity index (χ2n) is 5.42. The number of hydrogen-bond donors (Lipinski definition) is 1. The first kappa shape index (κ1) is 14.7. The molecule has 1 N–H and O–H groups in total. The number of fused-ring (bicyclic) bond motifs is 1. The van der Waals surface area contributed by atoms with Crippen LogP contribution in [0.4, 0.5) is 0 Å². The van der Waals surface area contributed by atoms with Gasteiger partial charge in [0.1, 0.15) is 0 Å². The summed E-state index contributed by atoms with van der Waals surface area (Å²) >= 11 is 6.01. The van der Waals surface area contributed by atoms with Crippen molar-refractivity contribution in [2.45, 2.75) is 13.0 Å². The zero-order chi connectivity index (χ0) is 15.7. The van der Waals surface area contributed by atoms with Gasteiger partial charge in [-0.05, 0) is 30.7 Å². The molecule has 1 heterocycles. The number of benzene rings is 2. The first-order chi connectivity index (χ1) is 10.6. The van der Waals surface area contributed by atoms with Crippen LogP contribution in [0.2, 0.25) is 5.02 Å². The molecule has 0 spiro atoms. The maximum absolute atomic E-state index is 12.6. The van der Waals surface area contributed by atoms with E-state index in [9.17, 15) is 4.79 Å². The normalized spacial score (nSPS) is 12.3. The number of aryl methyl sites for hydroxylation is 1. The Morgan fingerprint density at radius 2 is 1.95 bits per heavy atom. The maximum Gasteiger partial charge on any atom is 0.253 e. The highest BCUT2D eigenvalue weighted by atomic mass is 35.5. The van der Waals surface area contributed by atoms with E-state index in [1.54, 1.807) is 0 Å². The van der Waals surface area contributed by atoms with Crippen LogP contribution >= 0.6 is 11.6 Å². The van der Waals surface area contributed by atoms with Crippen LogP contribution in [-0.4, -0.2) is 10.5 Å². The second-order valence-corrected chi connectivity index (χ2v) is 5.86. The third-order valence-corrected chi connectivity index (χ3v) is 4.07. The lowest BCUT2D eigenvalue weighted by atomic mass is 10.1. The highest BCUT2D eigenvalue weighted by Gasteiger charge is 2.16. The van der Waals surface area contributed by atoms with Gasteiger partial charge in [0.15, 0.2) is 0 Å². The number of nitrogens with one attached hydrogen (secondary N) is 1. The molecule has 0 fully saturated rings. The molecule has 22 heavy (non-hydrogen) atoms. The highest BCUT2D eigenvalue weighted by molar-refractivity contribution is 6.30. The van der Waals surface area contributed by atoms with E-state index in [1.807, 2.05) is 73.3 Å². The van der Waals surface area contributed by atoms with Gasteiger partial charge in [0.25, 0.3) is 5.91 Å². The fourth-order valence-electron chi connectivity index (χ4n) is 2.66. The summed E-state index contributed by atoms with van der Waals surface area (Å²) in [7, 11) is 1.94. The Morgan fingerprint density at radius 1 is 1.18 bits per heavy atom. The van der Waals surface area contributed by atoms with E-state index in [-0.39, 0.29) is 11.9 Å². The molecule has 3 aromatic rings. The Hall–Kier alpha value is -2.26. The molecular weight excluding hydrogens is 296 g/mol. The topological polar surface area (TPSA) is 34.0 Å². The monoisotopic (exact) mass is 312 g/mol. The third kappa shape index (κ3) is 2.72. The lowest BCUT2D eigenvalue weighted by Gasteiger charge is -2.14. The largest absolute Gasteiger partial charge is 0.350 e. The predicted octanol–water partition coefficient (Wildman–Crippen LogP) is 4.32. The van der Waals surface area contributed by atoms with E-state index in [2.05, 4.69) is 5.32 Å². The lowest BCUT2D eigenvalue weighted by Crippen LogP contribution is -2.26. The van der Waals surface area contributed by atoms with Crippen molar-refractivity contribution in [2.75, 3.05) is 0 Å². The summed E-state index contributed by atoms with van der Waals surface area (Å²) in [5.41, 5.74) is 2.72. The summed E-state index contributed by atoms with van der Waals surface area (Å²) in [6.07, 6.45) is 1.87. The molecule has 0 saturated heterocycles. The van der Waals surface area contributed by atoms with Crippen molar-refractivity contribution in [1.82, 2.24) is 9.88 Å². The average Bonchev–Trinajstić information content (AvgIpc) is 2.85. The van der Waals surface area contributed by atoms with E-state index in [1.165, 1.54) is 0 Å². The van der Waals surface area contributed by atoms with Crippen LogP contribution in [0.1, 0.15) is 28.9 Å². The predicted molar refractivity (Wildman–Crippen MR) is 90.3 cm³/mol. The van der Waals surface area contributed by atoms with Gasteiger partial charge in [-0.25, -0.2) is 0 Å². The van der Waals surface area contributed by atoms with Crippen molar-refractivity contribution in [3.8, 4) is 0 Å². The number of carbonyl (C=O) groups excluding carboxylic acids is 1. The fourth-order valence-corrected chi connectivity index (χ4v) is 2.86. The van der Waals surface area contributed by atoms with Gasteiger partial charge >= 0.3 is 0 Å². The molecule has 0 aliphatic carbocycles. The molecule has 112 valence electrons. The van der Waals surface area contributed by atoms with E-state index in [4.69, 9.17) is 11.6 Å². The fraction of sp³-hybridized carbons (Fsp3) is 0.167. The molecule has 1 amide bonds. The zero-order valence-corrected chi connectivity index (χ0v) is 13.3. The summed E-state index contributed by atoms with van der Waals surface area (Å²) in [4.78, 5) is 12.6. The molecule has 0 radical (unpaired) electrons. The quantitative estimate of drug-likeness (QED) is 0.767. The molecule has 1 aromatic heterocycles. The van der Waals surface area contributed by atoms with Gasteiger partial charge < -0.3 is 9.88 Å². The van der Waals surface area contributed by atoms with Crippen molar-refractivity contribution in [2.24, 2.45) is 7.05 Å². The van der Waals surface area contributed by atoms with Crippen molar-refractivity contribution < 1.29 is 4.79 Å². The summed E-state index contributed by atoms with van der Waals surface area (Å²) in [6.45, 7) is 1.95. The molecule has 0 unspecified atom stereocenters. The van der Waals surface area contributed by atoms with Crippen LogP contribution in [-0.2, 0) is 7.05 Å². The minimum absolute atomic E-state index is 0.0794. The van der Waals surface area contributed by atoms with Gasteiger partial charge in [-0.15, -0.1) is 0 Å². The van der Waals surface area contributed by atoms with Gasteiger partial charge in [0.05, 0.1) is 11.6 Å². The van der Waals surface area contributed by atoms with E-state index in [0.717, 1.165) is 16.5 Å². The molecule has 0 bridgehead atoms. The number of carbonyl (C=O) groups is 1. The molecule has 0 saturated carbocycles. The standard InChI is InChI=1S/C18H17ClN2O/c1-12(13-6-5-7-14(19)10-13)20-18(22)16-11-21(2)17-9-4-3-8-15(16)17/h3-12H,1-2H3,(H,20,22)/t12-/m0/s1. The van der Waals surface area contributed by atoms with Gasteiger partial charge in [0, 0.05) is 29.2 Å². The number of hydrogen-bond acceptors (Lipinski definition) is 1. The average molecular weight is 313 g/mol. The molecule has 0 aliphatic rings. The van der Waals surface area contributed by atoms with E-state index >= 15 is 0 Å². The molecule has 3 rings (SSSR count). The Labute approximate surface area is 134 Å². The smallest absolute Gasteiger partial charge is 0.253 e. The number of aromatic nitrogens is 1. The number of halogens is 1. The van der Waals surface area contributed by atoms with Gasteiger partial charge in [-0.3, -0.25) is 4.79 Å². The van der Waals surface area contributed by atoms with E-state index in [0.29, 0.717) is 10.6 Å². The van der Waals surface area contributed by atoms with Crippen molar-refractivity contribution in [3.05, 3.63) is 70.9 Å². The lowest BCUT2D eigenvalue weighted by molar-refractivity contribution is 0.0941. The zero-order valence-electron chi connectivity index (χ0n) is 12.5. The second kappa shape index (κ2) is 5.85. The summed E-state index contributed by atoms with van der Waals surface area (Å²) in [6, 6.07) is 15.3. The van der Waals surface area contributed by atoms with Gasteiger partial charge in [0.2, 0.25) is 0 Å². The summed E-state index contributed by atoms with van der Waals surface area (Å²) in [5, 5.41) is 4.66. The maximum atomic E-state index is 12.6. The molecule has 0 aliphatic heterocycles. The molecule has 2 aromatic carbocycles. The van der Waals surface area contributed by atoms with Crippen LogP contribution in [0.3, 0.4) is 0 Å². The third-order valence-electron chi connectivity index (χ3n) is 3.84. The first-order valence-electron chi connectivity index (χ1n) is 7.16. The summed E-state index contributed by atoms with van der Waals surface area (Å²) in [5.74, 6) is -0.0794. The number of nitrogens with zero attached hydrogens (tertiary/aromatic N) is 1. The highest BCUT2D eigenvalue weighted by Crippen LogP contribution is 2.22. The van der Waals surface area contributed by atoms with Crippen molar-refractivity contribution in [3.63, 3.8) is 0 Å². The van der Waals surface area contributed by atoms with Crippen LogP contribution in [0.5, 0.6) is 0 Å². The van der Waals surface area contributed by atoms with Crippen LogP contribution in [0.15, 0.2) is 54.7 Å². The number of para-hydroxylation sites is 1. The Bertz CT molecular complexity index is 838. The van der Waals surface area contributed by atoms with E-state index < -0.39 is 0 Å². The minimum Gasteiger partial charge on any atom is -0.350 e. The van der Waals surface area contributed by atoms with Crippen LogP contribution in [0, 0.1) is 0 Å². The number of rotatable bonds is 3. The van der Waals surface area contributed by atoms with Gasteiger partial charge in [-0.1, -0.05) is 41.9 Å². The Kier molecular flexibility index (Phi) is 3.90. The Morgan fingerprint density at radius 3 is 2.73 bits per heavy atom. The van der Waals surface area contributed by atoms with Crippen LogP contribution in [0.25, 0.3) is 10.9 Å². The van der Waals surface area contributed by atoms with Crippen molar-refractivity contribution in [1.29, 1.82) is 0 Å².